The number of carbonyl (C=O) groups is 1. The number of amides is 1. The molecule has 0 radical (unpaired) electrons. The summed E-state index contributed by atoms with van der Waals surface area (Å²) in [5, 5.41) is 0. The summed E-state index contributed by atoms with van der Waals surface area (Å²) in [4.78, 5) is 13.9. The number of rotatable bonds is 2. The van der Waals surface area contributed by atoms with Gasteiger partial charge in [-0.3, -0.25) is 4.79 Å². The van der Waals surface area contributed by atoms with E-state index in [0.29, 0.717) is 5.76 Å². The Morgan fingerprint density at radius 2 is 2.07 bits per heavy atom. The van der Waals surface area contributed by atoms with E-state index in [1.54, 1.807) is 6.07 Å². The molecule has 1 amide bonds. The Bertz CT molecular complexity index is 337. The Labute approximate surface area is 90.1 Å². The van der Waals surface area contributed by atoms with E-state index in [1.807, 2.05) is 17.9 Å². The van der Waals surface area contributed by atoms with Gasteiger partial charge in [-0.25, -0.2) is 0 Å². The van der Waals surface area contributed by atoms with Crippen molar-refractivity contribution in [2.24, 2.45) is 0 Å². The molecular weight excluding hydrogens is 190 g/mol. The Hall–Kier alpha value is -1.25. The number of likely N-dealkylation sites (tertiary alicyclic amines) is 1. The fourth-order valence-corrected chi connectivity index (χ4v) is 1.94. The van der Waals surface area contributed by atoms with Crippen LogP contribution >= 0.6 is 0 Å². The normalized spacial score (nSPS) is 16.7. The SMILES string of the molecule is CCc1ccc(C(=O)N2CCCCC2)o1. The Kier molecular flexibility index (Phi) is 3.09. The molecule has 2 heterocycles. The first-order valence-electron chi connectivity index (χ1n) is 5.69. The molecule has 3 heteroatoms. The average Bonchev–Trinajstić information content (AvgIpc) is 2.78. The number of furan rings is 1. The van der Waals surface area contributed by atoms with Gasteiger partial charge in [-0.2, -0.15) is 0 Å². The maximum Gasteiger partial charge on any atom is 0.289 e. The third-order valence-corrected chi connectivity index (χ3v) is 2.86. The van der Waals surface area contributed by atoms with Crippen molar-refractivity contribution in [3.05, 3.63) is 23.7 Å². The van der Waals surface area contributed by atoms with Gasteiger partial charge in [0.05, 0.1) is 0 Å². The van der Waals surface area contributed by atoms with Crippen LogP contribution in [0, 0.1) is 0 Å². The van der Waals surface area contributed by atoms with Crippen LogP contribution in [0.5, 0.6) is 0 Å². The molecule has 1 aliphatic rings. The molecule has 1 aromatic heterocycles. The topological polar surface area (TPSA) is 33.5 Å². The van der Waals surface area contributed by atoms with Crippen LogP contribution < -0.4 is 0 Å². The third kappa shape index (κ3) is 2.22. The lowest BCUT2D eigenvalue weighted by molar-refractivity contribution is 0.0690. The van der Waals surface area contributed by atoms with E-state index in [9.17, 15) is 4.79 Å². The number of carbonyl (C=O) groups excluding carboxylic acids is 1. The van der Waals surface area contributed by atoms with Crippen LogP contribution in [-0.4, -0.2) is 23.9 Å². The van der Waals surface area contributed by atoms with Gasteiger partial charge in [0.1, 0.15) is 5.76 Å². The first-order valence-corrected chi connectivity index (χ1v) is 5.69. The zero-order valence-corrected chi connectivity index (χ0v) is 9.16. The van der Waals surface area contributed by atoms with Gasteiger partial charge < -0.3 is 9.32 Å². The quantitative estimate of drug-likeness (QED) is 0.746. The van der Waals surface area contributed by atoms with Crippen molar-refractivity contribution >= 4 is 5.91 Å². The molecule has 0 aliphatic carbocycles. The summed E-state index contributed by atoms with van der Waals surface area (Å²) in [7, 11) is 0. The van der Waals surface area contributed by atoms with E-state index in [-0.39, 0.29) is 5.91 Å². The minimum atomic E-state index is 0.0504. The number of piperidine rings is 1. The fourth-order valence-electron chi connectivity index (χ4n) is 1.94. The van der Waals surface area contributed by atoms with E-state index in [2.05, 4.69) is 0 Å². The van der Waals surface area contributed by atoms with Gasteiger partial charge in [0.15, 0.2) is 5.76 Å². The van der Waals surface area contributed by atoms with Gasteiger partial charge in [0.25, 0.3) is 5.91 Å². The molecule has 0 aromatic carbocycles. The van der Waals surface area contributed by atoms with Crippen LogP contribution in [-0.2, 0) is 6.42 Å². The van der Waals surface area contributed by atoms with Gasteiger partial charge in [0, 0.05) is 19.5 Å². The highest BCUT2D eigenvalue weighted by molar-refractivity contribution is 5.91. The van der Waals surface area contributed by atoms with Crippen molar-refractivity contribution in [1.29, 1.82) is 0 Å². The van der Waals surface area contributed by atoms with Gasteiger partial charge >= 0.3 is 0 Å². The van der Waals surface area contributed by atoms with Gasteiger partial charge in [0.2, 0.25) is 0 Å². The largest absolute Gasteiger partial charge is 0.456 e. The predicted molar refractivity (Wildman–Crippen MR) is 57.8 cm³/mol. The standard InChI is InChI=1S/C12H17NO2/c1-2-10-6-7-11(15-10)12(14)13-8-4-3-5-9-13/h6-7H,2-5,8-9H2,1H3. The molecule has 0 spiro atoms. The second-order valence-corrected chi connectivity index (χ2v) is 3.97. The minimum absolute atomic E-state index is 0.0504. The Balaban J connectivity index is 2.05. The van der Waals surface area contributed by atoms with Crippen LogP contribution in [0.3, 0.4) is 0 Å². The lowest BCUT2D eigenvalue weighted by Crippen LogP contribution is -2.35. The number of aryl methyl sites for hydroxylation is 1. The van der Waals surface area contributed by atoms with Crippen LogP contribution in [0.25, 0.3) is 0 Å². The lowest BCUT2D eigenvalue weighted by Gasteiger charge is -2.25. The minimum Gasteiger partial charge on any atom is -0.456 e. The molecule has 1 fully saturated rings. The fraction of sp³-hybridized carbons (Fsp3) is 0.583. The predicted octanol–water partition coefficient (Wildman–Crippen LogP) is 2.47. The maximum absolute atomic E-state index is 12.0. The second kappa shape index (κ2) is 4.51. The van der Waals surface area contributed by atoms with E-state index in [4.69, 9.17) is 4.42 Å². The molecule has 15 heavy (non-hydrogen) atoms. The summed E-state index contributed by atoms with van der Waals surface area (Å²) < 4.78 is 5.46. The summed E-state index contributed by atoms with van der Waals surface area (Å²) in [5.74, 6) is 1.43. The Morgan fingerprint density at radius 3 is 2.67 bits per heavy atom. The van der Waals surface area contributed by atoms with E-state index in [1.165, 1.54) is 6.42 Å². The van der Waals surface area contributed by atoms with Gasteiger partial charge in [-0.15, -0.1) is 0 Å². The van der Waals surface area contributed by atoms with Crippen molar-refractivity contribution < 1.29 is 9.21 Å². The molecule has 82 valence electrons. The van der Waals surface area contributed by atoms with Gasteiger partial charge in [-0.05, 0) is 31.4 Å². The molecule has 3 nitrogen and oxygen atoms in total. The monoisotopic (exact) mass is 207 g/mol. The molecular formula is C12H17NO2. The van der Waals surface area contributed by atoms with Crippen molar-refractivity contribution in [2.75, 3.05) is 13.1 Å². The molecule has 0 N–H and O–H groups in total. The summed E-state index contributed by atoms with van der Waals surface area (Å²) in [6, 6.07) is 3.67. The molecule has 2 rings (SSSR count). The van der Waals surface area contributed by atoms with Crippen molar-refractivity contribution in [3.63, 3.8) is 0 Å². The molecule has 1 aromatic rings. The smallest absolute Gasteiger partial charge is 0.289 e. The van der Waals surface area contributed by atoms with E-state index < -0.39 is 0 Å². The lowest BCUT2D eigenvalue weighted by atomic mass is 10.1. The summed E-state index contributed by atoms with van der Waals surface area (Å²) >= 11 is 0. The number of hydrogen-bond donors (Lipinski definition) is 0. The first kappa shape index (κ1) is 10.3. The highest BCUT2D eigenvalue weighted by Crippen LogP contribution is 2.15. The summed E-state index contributed by atoms with van der Waals surface area (Å²) in [6.07, 6.45) is 4.32. The average molecular weight is 207 g/mol. The third-order valence-electron chi connectivity index (χ3n) is 2.86. The Morgan fingerprint density at radius 1 is 1.33 bits per heavy atom. The second-order valence-electron chi connectivity index (χ2n) is 3.97. The van der Waals surface area contributed by atoms with Crippen molar-refractivity contribution in [3.8, 4) is 0 Å². The van der Waals surface area contributed by atoms with Gasteiger partial charge in [-0.1, -0.05) is 6.92 Å². The molecule has 0 unspecified atom stereocenters. The van der Waals surface area contributed by atoms with Crippen LogP contribution in [0.2, 0.25) is 0 Å². The van der Waals surface area contributed by atoms with E-state index >= 15 is 0 Å². The van der Waals surface area contributed by atoms with Crippen molar-refractivity contribution in [1.82, 2.24) is 4.90 Å². The molecule has 0 saturated carbocycles. The maximum atomic E-state index is 12.0. The highest BCUT2D eigenvalue weighted by atomic mass is 16.4. The summed E-state index contributed by atoms with van der Waals surface area (Å²) in [5.41, 5.74) is 0. The van der Waals surface area contributed by atoms with Crippen LogP contribution in [0.15, 0.2) is 16.5 Å². The van der Waals surface area contributed by atoms with Crippen molar-refractivity contribution in [2.45, 2.75) is 32.6 Å². The van der Waals surface area contributed by atoms with Crippen LogP contribution in [0.1, 0.15) is 42.5 Å². The number of nitrogens with zero attached hydrogens (tertiary/aromatic N) is 1. The highest BCUT2D eigenvalue weighted by Gasteiger charge is 2.20. The molecule has 1 aliphatic heterocycles. The zero-order valence-electron chi connectivity index (χ0n) is 9.16. The summed E-state index contributed by atoms with van der Waals surface area (Å²) in [6.45, 7) is 3.77. The first-order chi connectivity index (χ1) is 7.31. The number of hydrogen-bond acceptors (Lipinski definition) is 2. The molecule has 0 bridgehead atoms. The molecule has 1 saturated heterocycles. The van der Waals surface area contributed by atoms with Crippen LogP contribution in [0.4, 0.5) is 0 Å². The zero-order chi connectivity index (χ0) is 10.7. The van der Waals surface area contributed by atoms with E-state index in [0.717, 1.165) is 38.1 Å². The molecule has 0 atom stereocenters.